The van der Waals surface area contributed by atoms with Crippen LogP contribution in [0, 0.1) is 16.0 Å². The van der Waals surface area contributed by atoms with Crippen molar-refractivity contribution in [1.29, 1.82) is 0 Å². The summed E-state index contributed by atoms with van der Waals surface area (Å²) in [5, 5.41) is 14.3. The first-order valence-electron chi connectivity index (χ1n) is 7.42. The first-order chi connectivity index (χ1) is 10.3. The number of nitrogens with zero attached hydrogens (tertiary/aromatic N) is 1. The number of rotatable bonds is 6. The van der Waals surface area contributed by atoms with Crippen molar-refractivity contribution >= 4 is 21.4 Å². The summed E-state index contributed by atoms with van der Waals surface area (Å²) in [5.41, 5.74) is -0.614. The lowest BCUT2D eigenvalue weighted by Crippen LogP contribution is -2.40. The van der Waals surface area contributed by atoms with Gasteiger partial charge in [-0.2, -0.15) is 0 Å². The minimum Gasteiger partial charge on any atom is -0.377 e. The first kappa shape index (κ1) is 19.4. The Hall–Kier alpha value is -1.67. The van der Waals surface area contributed by atoms with Crippen LogP contribution in [0.5, 0.6) is 0 Å². The van der Waals surface area contributed by atoms with Gasteiger partial charge in [0.15, 0.2) is 0 Å². The third-order valence-electron chi connectivity index (χ3n) is 3.30. The van der Waals surface area contributed by atoms with Gasteiger partial charge in [-0.15, -0.1) is 0 Å². The summed E-state index contributed by atoms with van der Waals surface area (Å²) in [6, 6.07) is 3.91. The zero-order valence-corrected chi connectivity index (χ0v) is 15.2. The third kappa shape index (κ3) is 5.47. The molecule has 2 N–H and O–H groups in total. The van der Waals surface area contributed by atoms with Gasteiger partial charge in [0.1, 0.15) is 5.69 Å². The molecule has 0 aliphatic rings. The van der Waals surface area contributed by atoms with Crippen molar-refractivity contribution in [2.45, 2.75) is 58.0 Å². The zero-order valence-electron chi connectivity index (χ0n) is 14.4. The average molecular weight is 343 g/mol. The van der Waals surface area contributed by atoms with Gasteiger partial charge in [-0.05, 0) is 45.7 Å². The Kier molecular flexibility index (Phi) is 5.76. The molecule has 0 saturated heterocycles. The fourth-order valence-corrected chi connectivity index (χ4v) is 3.26. The second-order valence-electron chi connectivity index (χ2n) is 6.97. The summed E-state index contributed by atoms with van der Waals surface area (Å²) >= 11 is 0. The summed E-state index contributed by atoms with van der Waals surface area (Å²) < 4.78 is 27.1. The second-order valence-corrected chi connectivity index (χ2v) is 8.65. The minimum atomic E-state index is -3.82. The first-order valence-corrected chi connectivity index (χ1v) is 8.91. The molecular formula is C15H25N3O4S. The third-order valence-corrected chi connectivity index (χ3v) is 5.06. The van der Waals surface area contributed by atoms with E-state index in [1.807, 2.05) is 20.8 Å². The van der Waals surface area contributed by atoms with Gasteiger partial charge in [-0.1, -0.05) is 13.8 Å². The molecule has 0 amide bonds. The molecule has 0 unspecified atom stereocenters. The average Bonchev–Trinajstić information content (AvgIpc) is 2.35. The molecule has 1 aromatic carbocycles. The molecule has 0 spiro atoms. The van der Waals surface area contributed by atoms with Crippen molar-refractivity contribution in [1.82, 2.24) is 4.72 Å². The normalized spacial score (nSPS) is 13.9. The highest BCUT2D eigenvalue weighted by molar-refractivity contribution is 7.89. The minimum absolute atomic E-state index is 0.0175. The number of sulfonamides is 1. The van der Waals surface area contributed by atoms with Gasteiger partial charge in [0.05, 0.1) is 9.82 Å². The molecule has 0 saturated carbocycles. The topological polar surface area (TPSA) is 101 Å². The monoisotopic (exact) mass is 343 g/mol. The highest BCUT2D eigenvalue weighted by atomic mass is 32.2. The molecule has 0 radical (unpaired) electrons. The van der Waals surface area contributed by atoms with Gasteiger partial charge in [0, 0.05) is 17.6 Å². The Morgan fingerprint density at radius 2 is 1.74 bits per heavy atom. The van der Waals surface area contributed by atoms with Crippen LogP contribution >= 0.6 is 0 Å². The van der Waals surface area contributed by atoms with Crippen LogP contribution in [0.2, 0.25) is 0 Å². The van der Waals surface area contributed by atoms with Crippen LogP contribution < -0.4 is 10.0 Å². The number of hydrogen-bond acceptors (Lipinski definition) is 5. The Labute approximate surface area is 137 Å². The largest absolute Gasteiger partial charge is 0.377 e. The number of nitrogens with one attached hydrogen (secondary N) is 2. The predicted molar refractivity (Wildman–Crippen MR) is 91.1 cm³/mol. The summed E-state index contributed by atoms with van der Waals surface area (Å²) in [5.74, 6) is 0.278. The van der Waals surface area contributed by atoms with E-state index in [0.717, 1.165) is 6.07 Å². The maximum absolute atomic E-state index is 12.3. The SMILES string of the molecule is CC(C)[C@H](C)Nc1ccc(S(=O)(=O)NC(C)(C)C)cc1[N+](=O)[O-]. The van der Waals surface area contributed by atoms with Crippen LogP contribution in [0.4, 0.5) is 11.4 Å². The van der Waals surface area contributed by atoms with Crippen molar-refractivity contribution in [3.8, 4) is 0 Å². The van der Waals surface area contributed by atoms with Crippen molar-refractivity contribution in [3.63, 3.8) is 0 Å². The molecule has 1 atom stereocenters. The van der Waals surface area contributed by atoms with E-state index in [2.05, 4.69) is 10.0 Å². The van der Waals surface area contributed by atoms with E-state index in [0.29, 0.717) is 5.69 Å². The molecule has 0 aliphatic carbocycles. The van der Waals surface area contributed by atoms with Gasteiger partial charge in [0.25, 0.3) is 5.69 Å². The number of benzene rings is 1. The van der Waals surface area contributed by atoms with E-state index >= 15 is 0 Å². The molecule has 8 heteroatoms. The lowest BCUT2D eigenvalue weighted by molar-refractivity contribution is -0.384. The van der Waals surface area contributed by atoms with Gasteiger partial charge in [0.2, 0.25) is 10.0 Å². The Morgan fingerprint density at radius 1 is 1.17 bits per heavy atom. The fraction of sp³-hybridized carbons (Fsp3) is 0.600. The van der Waals surface area contributed by atoms with Crippen molar-refractivity contribution < 1.29 is 13.3 Å². The van der Waals surface area contributed by atoms with Crippen molar-refractivity contribution in [2.75, 3.05) is 5.32 Å². The summed E-state index contributed by atoms with van der Waals surface area (Å²) in [7, 11) is -3.82. The molecule has 0 fully saturated rings. The van der Waals surface area contributed by atoms with Crippen LogP contribution in [0.3, 0.4) is 0 Å². The number of anilines is 1. The molecular weight excluding hydrogens is 318 g/mol. The quantitative estimate of drug-likeness (QED) is 0.610. The van der Waals surface area contributed by atoms with Crippen molar-refractivity contribution in [2.24, 2.45) is 5.92 Å². The molecule has 0 bridgehead atoms. The Morgan fingerprint density at radius 3 is 2.17 bits per heavy atom. The van der Waals surface area contributed by atoms with E-state index in [-0.39, 0.29) is 22.5 Å². The van der Waals surface area contributed by atoms with Gasteiger partial charge < -0.3 is 5.32 Å². The molecule has 1 rings (SSSR count). The summed E-state index contributed by atoms with van der Waals surface area (Å²) in [4.78, 5) is 10.6. The maximum Gasteiger partial charge on any atom is 0.293 e. The standard InChI is InChI=1S/C15H25N3O4S/c1-10(2)11(3)16-13-8-7-12(9-14(13)18(19)20)23(21,22)17-15(4,5)6/h7-11,16-17H,1-6H3/t11-/m0/s1. The van der Waals surface area contributed by atoms with Gasteiger partial charge in [-0.3, -0.25) is 10.1 Å². The molecule has 0 heterocycles. The molecule has 23 heavy (non-hydrogen) atoms. The van der Waals surface area contributed by atoms with E-state index < -0.39 is 20.5 Å². The second kappa shape index (κ2) is 6.84. The summed E-state index contributed by atoms with van der Waals surface area (Å²) in [6.07, 6.45) is 0. The zero-order chi connectivity index (χ0) is 18.0. The Bertz CT molecular complexity index is 678. The maximum atomic E-state index is 12.3. The van der Waals surface area contributed by atoms with Crippen LogP contribution in [0.25, 0.3) is 0 Å². The molecule has 0 aromatic heterocycles. The molecule has 0 aliphatic heterocycles. The van der Waals surface area contributed by atoms with E-state index in [4.69, 9.17) is 0 Å². The number of nitro groups is 1. The van der Waals surface area contributed by atoms with Crippen LogP contribution in [0.15, 0.2) is 23.1 Å². The van der Waals surface area contributed by atoms with E-state index in [9.17, 15) is 18.5 Å². The molecule has 130 valence electrons. The lowest BCUT2D eigenvalue weighted by atomic mass is 10.1. The van der Waals surface area contributed by atoms with Crippen LogP contribution in [-0.2, 0) is 10.0 Å². The molecule has 1 aromatic rings. The van der Waals surface area contributed by atoms with Gasteiger partial charge in [-0.25, -0.2) is 13.1 Å². The predicted octanol–water partition coefficient (Wildman–Crippen LogP) is 3.13. The summed E-state index contributed by atoms with van der Waals surface area (Å²) in [6.45, 7) is 11.0. The smallest absolute Gasteiger partial charge is 0.293 e. The van der Waals surface area contributed by atoms with Crippen molar-refractivity contribution in [3.05, 3.63) is 28.3 Å². The number of hydrogen-bond donors (Lipinski definition) is 2. The van der Waals surface area contributed by atoms with Crippen LogP contribution in [0.1, 0.15) is 41.5 Å². The highest BCUT2D eigenvalue weighted by Crippen LogP contribution is 2.29. The van der Waals surface area contributed by atoms with E-state index in [1.165, 1.54) is 12.1 Å². The highest BCUT2D eigenvalue weighted by Gasteiger charge is 2.26. The lowest BCUT2D eigenvalue weighted by Gasteiger charge is -2.21. The number of nitro benzene ring substituents is 1. The van der Waals surface area contributed by atoms with E-state index in [1.54, 1.807) is 20.8 Å². The Balaban J connectivity index is 3.26. The fourth-order valence-electron chi connectivity index (χ4n) is 1.83. The molecule has 7 nitrogen and oxygen atoms in total. The van der Waals surface area contributed by atoms with Gasteiger partial charge >= 0.3 is 0 Å². The van der Waals surface area contributed by atoms with Crippen LogP contribution in [-0.4, -0.2) is 24.9 Å².